The zero-order valence-electron chi connectivity index (χ0n) is 7.86. The summed E-state index contributed by atoms with van der Waals surface area (Å²) in [7, 11) is 0. The smallest absolute Gasteiger partial charge is 0.106 e. The molecule has 1 atom stereocenters. The summed E-state index contributed by atoms with van der Waals surface area (Å²) in [5, 5.41) is 9.36. The van der Waals surface area contributed by atoms with Crippen molar-refractivity contribution in [1.29, 1.82) is 0 Å². The third-order valence-corrected chi connectivity index (χ3v) is 2.85. The van der Waals surface area contributed by atoms with E-state index >= 15 is 0 Å². The number of nitrogens with zero attached hydrogens (tertiary/aromatic N) is 2. The largest absolute Gasteiger partial charge is 0.392 e. The van der Waals surface area contributed by atoms with Crippen LogP contribution in [0.15, 0.2) is 22.8 Å². The van der Waals surface area contributed by atoms with Gasteiger partial charge in [0.15, 0.2) is 0 Å². The summed E-state index contributed by atoms with van der Waals surface area (Å²) in [4.78, 5) is 6.58. The standard InChI is InChI=1S/C10H13BrN2O/c11-10-3-1-2-8(12-10)6-13-5-4-9(14)7-13/h1-3,9,14H,4-7H2/t9-/m1/s1. The van der Waals surface area contributed by atoms with Crippen LogP contribution in [-0.4, -0.2) is 34.2 Å². The minimum absolute atomic E-state index is 0.151. The molecule has 0 bridgehead atoms. The number of aliphatic hydroxyl groups excluding tert-OH is 1. The summed E-state index contributed by atoms with van der Waals surface area (Å²) in [5.74, 6) is 0. The maximum Gasteiger partial charge on any atom is 0.106 e. The SMILES string of the molecule is O[C@@H]1CCN(Cc2cccc(Br)n2)C1. The number of β-amino-alcohol motifs (C(OH)–C–C–N with tert-alkyl or cyclic N) is 1. The van der Waals surface area contributed by atoms with E-state index in [1.807, 2.05) is 18.2 Å². The van der Waals surface area contributed by atoms with Crippen LogP contribution in [-0.2, 0) is 6.54 Å². The summed E-state index contributed by atoms with van der Waals surface area (Å²) in [6.45, 7) is 2.57. The van der Waals surface area contributed by atoms with Gasteiger partial charge in [0.1, 0.15) is 4.60 Å². The van der Waals surface area contributed by atoms with Crippen molar-refractivity contribution in [3.8, 4) is 0 Å². The van der Waals surface area contributed by atoms with Gasteiger partial charge in [-0.15, -0.1) is 0 Å². The van der Waals surface area contributed by atoms with Gasteiger partial charge < -0.3 is 5.11 Å². The van der Waals surface area contributed by atoms with Crippen LogP contribution in [0.25, 0.3) is 0 Å². The van der Waals surface area contributed by atoms with Gasteiger partial charge in [-0.3, -0.25) is 4.90 Å². The summed E-state index contributed by atoms with van der Waals surface area (Å²) in [5.41, 5.74) is 1.05. The highest BCUT2D eigenvalue weighted by molar-refractivity contribution is 9.10. The van der Waals surface area contributed by atoms with E-state index in [-0.39, 0.29) is 6.10 Å². The molecule has 4 heteroatoms. The molecule has 14 heavy (non-hydrogen) atoms. The van der Waals surface area contributed by atoms with Crippen molar-refractivity contribution < 1.29 is 5.11 Å². The Balaban J connectivity index is 1.97. The van der Waals surface area contributed by atoms with Crippen LogP contribution in [0.1, 0.15) is 12.1 Å². The Hall–Kier alpha value is -0.450. The highest BCUT2D eigenvalue weighted by atomic mass is 79.9. The molecule has 0 unspecified atom stereocenters. The molecule has 1 aliphatic rings. The van der Waals surface area contributed by atoms with Crippen LogP contribution in [0.2, 0.25) is 0 Å². The second-order valence-electron chi connectivity index (χ2n) is 3.63. The predicted molar refractivity (Wildman–Crippen MR) is 57.8 cm³/mol. The number of halogens is 1. The van der Waals surface area contributed by atoms with E-state index in [4.69, 9.17) is 0 Å². The summed E-state index contributed by atoms with van der Waals surface area (Å²) in [6, 6.07) is 5.91. The molecule has 1 saturated heterocycles. The first kappa shape index (κ1) is 10.1. The fourth-order valence-electron chi connectivity index (χ4n) is 1.72. The lowest BCUT2D eigenvalue weighted by Crippen LogP contribution is -2.21. The van der Waals surface area contributed by atoms with Gasteiger partial charge in [0.25, 0.3) is 0 Å². The zero-order valence-corrected chi connectivity index (χ0v) is 9.44. The van der Waals surface area contributed by atoms with Crippen molar-refractivity contribution in [3.63, 3.8) is 0 Å². The molecule has 76 valence electrons. The first-order valence-corrected chi connectivity index (χ1v) is 5.55. The van der Waals surface area contributed by atoms with Crippen molar-refractivity contribution in [3.05, 3.63) is 28.5 Å². The van der Waals surface area contributed by atoms with Gasteiger partial charge in [-0.25, -0.2) is 4.98 Å². The van der Waals surface area contributed by atoms with Gasteiger partial charge in [-0.2, -0.15) is 0 Å². The second-order valence-corrected chi connectivity index (χ2v) is 4.44. The van der Waals surface area contributed by atoms with Crippen molar-refractivity contribution >= 4 is 15.9 Å². The number of pyridine rings is 1. The Morgan fingerprint density at radius 2 is 2.43 bits per heavy atom. The van der Waals surface area contributed by atoms with Crippen molar-refractivity contribution in [2.75, 3.05) is 13.1 Å². The molecule has 1 aliphatic heterocycles. The van der Waals surface area contributed by atoms with E-state index in [1.54, 1.807) is 0 Å². The van der Waals surface area contributed by atoms with Crippen LogP contribution < -0.4 is 0 Å². The van der Waals surface area contributed by atoms with Crippen molar-refractivity contribution in [2.45, 2.75) is 19.1 Å². The summed E-state index contributed by atoms with van der Waals surface area (Å²) in [6.07, 6.45) is 0.732. The molecule has 0 aliphatic carbocycles. The molecule has 0 radical (unpaired) electrons. The van der Waals surface area contributed by atoms with Gasteiger partial charge in [0.05, 0.1) is 11.8 Å². The Bertz CT molecular complexity index is 319. The van der Waals surface area contributed by atoms with E-state index in [0.29, 0.717) is 0 Å². The third-order valence-electron chi connectivity index (χ3n) is 2.41. The maximum absolute atomic E-state index is 9.36. The lowest BCUT2D eigenvalue weighted by molar-refractivity contribution is 0.174. The minimum atomic E-state index is -0.151. The second kappa shape index (κ2) is 4.38. The van der Waals surface area contributed by atoms with Gasteiger partial charge in [-0.1, -0.05) is 6.07 Å². The number of rotatable bonds is 2. The molecule has 1 aromatic heterocycles. The van der Waals surface area contributed by atoms with Gasteiger partial charge in [0.2, 0.25) is 0 Å². The van der Waals surface area contributed by atoms with Crippen LogP contribution in [0.3, 0.4) is 0 Å². The monoisotopic (exact) mass is 256 g/mol. The van der Waals surface area contributed by atoms with Crippen LogP contribution >= 0.6 is 15.9 Å². The zero-order chi connectivity index (χ0) is 9.97. The fraction of sp³-hybridized carbons (Fsp3) is 0.500. The van der Waals surface area contributed by atoms with Gasteiger partial charge in [0, 0.05) is 19.6 Å². The first-order chi connectivity index (χ1) is 6.74. The molecular formula is C10H13BrN2O. The number of aromatic nitrogens is 1. The molecule has 0 aromatic carbocycles. The van der Waals surface area contributed by atoms with Crippen LogP contribution in [0.4, 0.5) is 0 Å². The van der Waals surface area contributed by atoms with E-state index in [2.05, 4.69) is 25.8 Å². The Kier molecular flexibility index (Phi) is 3.15. The quantitative estimate of drug-likeness (QED) is 0.814. The van der Waals surface area contributed by atoms with Crippen molar-refractivity contribution in [1.82, 2.24) is 9.88 Å². The molecule has 0 saturated carbocycles. The molecule has 2 rings (SSSR count). The summed E-state index contributed by atoms with van der Waals surface area (Å²) < 4.78 is 0.870. The summed E-state index contributed by atoms with van der Waals surface area (Å²) >= 11 is 3.34. The average Bonchev–Trinajstić information content (AvgIpc) is 2.51. The van der Waals surface area contributed by atoms with Crippen LogP contribution in [0.5, 0.6) is 0 Å². The number of aliphatic hydroxyl groups is 1. The van der Waals surface area contributed by atoms with Crippen LogP contribution in [0, 0.1) is 0 Å². The van der Waals surface area contributed by atoms with E-state index < -0.39 is 0 Å². The molecular weight excluding hydrogens is 244 g/mol. The number of likely N-dealkylation sites (tertiary alicyclic amines) is 1. The van der Waals surface area contributed by atoms with E-state index in [9.17, 15) is 5.11 Å². The Morgan fingerprint density at radius 3 is 3.07 bits per heavy atom. The average molecular weight is 257 g/mol. The van der Waals surface area contributed by atoms with Gasteiger partial charge >= 0.3 is 0 Å². The van der Waals surface area contributed by atoms with E-state index in [0.717, 1.165) is 36.4 Å². The number of hydrogen-bond donors (Lipinski definition) is 1. The normalized spacial score (nSPS) is 22.9. The topological polar surface area (TPSA) is 36.4 Å². The lowest BCUT2D eigenvalue weighted by atomic mass is 10.3. The molecule has 0 amide bonds. The van der Waals surface area contributed by atoms with Crippen molar-refractivity contribution in [2.24, 2.45) is 0 Å². The molecule has 1 aromatic rings. The molecule has 1 fully saturated rings. The number of hydrogen-bond acceptors (Lipinski definition) is 3. The Labute approximate surface area is 91.9 Å². The molecule has 2 heterocycles. The van der Waals surface area contributed by atoms with Gasteiger partial charge in [-0.05, 0) is 34.5 Å². The predicted octanol–water partition coefficient (Wildman–Crippen LogP) is 1.41. The lowest BCUT2D eigenvalue weighted by Gasteiger charge is -2.13. The fourth-order valence-corrected chi connectivity index (χ4v) is 2.10. The Morgan fingerprint density at radius 1 is 1.57 bits per heavy atom. The third kappa shape index (κ3) is 2.53. The van der Waals surface area contributed by atoms with E-state index in [1.165, 1.54) is 0 Å². The minimum Gasteiger partial charge on any atom is -0.392 e. The maximum atomic E-state index is 9.36. The highest BCUT2D eigenvalue weighted by Gasteiger charge is 2.20. The highest BCUT2D eigenvalue weighted by Crippen LogP contribution is 2.13. The first-order valence-electron chi connectivity index (χ1n) is 4.76. The molecule has 0 spiro atoms. The molecule has 1 N–H and O–H groups in total. The molecule has 3 nitrogen and oxygen atoms in total.